The van der Waals surface area contributed by atoms with Crippen molar-refractivity contribution in [2.24, 2.45) is 11.0 Å². The van der Waals surface area contributed by atoms with E-state index in [1.807, 2.05) is 70.8 Å². The lowest BCUT2D eigenvalue weighted by molar-refractivity contribution is -0.110. The van der Waals surface area contributed by atoms with E-state index >= 15 is 0 Å². The number of benzene rings is 1. The van der Waals surface area contributed by atoms with Gasteiger partial charge in [-0.05, 0) is 78.4 Å². The molecule has 0 aromatic heterocycles. The molecule has 8 heteroatoms. The molecule has 180 valence electrons. The number of nitrogens with one attached hydrogen (secondary N) is 1. The van der Waals surface area contributed by atoms with E-state index < -0.39 is 23.9 Å². The number of fused-ring (bicyclic) bond motifs is 1. The van der Waals surface area contributed by atoms with Crippen LogP contribution in [0.5, 0.6) is 0 Å². The molecule has 1 aromatic carbocycles. The van der Waals surface area contributed by atoms with Crippen LogP contribution in [0, 0.1) is 5.92 Å². The van der Waals surface area contributed by atoms with Crippen molar-refractivity contribution in [2.75, 3.05) is 11.9 Å². The summed E-state index contributed by atoms with van der Waals surface area (Å²) in [7, 11) is -0.425. The Morgan fingerprint density at radius 3 is 2.36 bits per heavy atom. The summed E-state index contributed by atoms with van der Waals surface area (Å²) in [5.74, 6) is 0.0191. The average molecular weight is 455 g/mol. The number of hydrogen-bond donors (Lipinski definition) is 2. The summed E-state index contributed by atoms with van der Waals surface area (Å²) in [6.45, 7) is 12.4. The van der Waals surface area contributed by atoms with E-state index in [0.29, 0.717) is 18.7 Å². The zero-order valence-electron chi connectivity index (χ0n) is 20.9. The summed E-state index contributed by atoms with van der Waals surface area (Å²) < 4.78 is 12.2. The van der Waals surface area contributed by atoms with Crippen molar-refractivity contribution in [1.82, 2.24) is 5.01 Å². The predicted octanol–water partition coefficient (Wildman–Crippen LogP) is 3.32. The quantitative estimate of drug-likeness (QED) is 0.644. The fourth-order valence-electron chi connectivity index (χ4n) is 4.79. The minimum atomic E-state index is -0.746. The highest BCUT2D eigenvalue weighted by Crippen LogP contribution is 2.37. The zero-order valence-corrected chi connectivity index (χ0v) is 20.9. The van der Waals surface area contributed by atoms with Gasteiger partial charge in [-0.1, -0.05) is 25.0 Å². The third kappa shape index (κ3) is 5.13. The molecular weight excluding hydrogens is 417 g/mol. The first-order chi connectivity index (χ1) is 15.4. The van der Waals surface area contributed by atoms with Gasteiger partial charge < -0.3 is 19.7 Å². The normalized spacial score (nSPS) is 26.2. The highest BCUT2D eigenvalue weighted by atomic mass is 16.7. The van der Waals surface area contributed by atoms with Gasteiger partial charge in [-0.3, -0.25) is 9.80 Å². The first kappa shape index (κ1) is 24.2. The Morgan fingerprint density at radius 1 is 1.15 bits per heavy atom. The van der Waals surface area contributed by atoms with Crippen molar-refractivity contribution in [3.63, 3.8) is 0 Å². The minimum absolute atomic E-state index is 0.138. The highest BCUT2D eigenvalue weighted by molar-refractivity contribution is 6.62. The summed E-state index contributed by atoms with van der Waals surface area (Å²) in [6.07, 6.45) is 4.92. The number of hydrazone groups is 1. The van der Waals surface area contributed by atoms with E-state index in [2.05, 4.69) is 5.32 Å². The number of anilines is 1. The van der Waals surface area contributed by atoms with E-state index in [-0.39, 0.29) is 17.9 Å². The second kappa shape index (κ2) is 8.71. The van der Waals surface area contributed by atoms with Crippen LogP contribution in [0.3, 0.4) is 0 Å². The van der Waals surface area contributed by atoms with E-state index in [1.54, 1.807) is 0 Å². The summed E-state index contributed by atoms with van der Waals surface area (Å²) >= 11 is 0. The van der Waals surface area contributed by atoms with Crippen molar-refractivity contribution in [3.8, 4) is 0 Å². The molecule has 0 bridgehead atoms. The molecule has 33 heavy (non-hydrogen) atoms. The summed E-state index contributed by atoms with van der Waals surface area (Å²) in [5.41, 5.74) is 0.743. The number of carbonyl (C=O) groups is 1. The van der Waals surface area contributed by atoms with Crippen LogP contribution in [-0.4, -0.2) is 58.2 Å². The number of nitrogens with zero attached hydrogens (tertiary/aromatic N) is 2. The van der Waals surface area contributed by atoms with Crippen LogP contribution in [-0.2, 0) is 14.1 Å². The van der Waals surface area contributed by atoms with Crippen molar-refractivity contribution in [2.45, 2.75) is 96.5 Å². The Labute approximate surface area is 198 Å². The molecule has 2 aliphatic heterocycles. The van der Waals surface area contributed by atoms with Gasteiger partial charge in [-0.15, -0.1) is 0 Å². The van der Waals surface area contributed by atoms with Gasteiger partial charge >= 0.3 is 7.12 Å². The van der Waals surface area contributed by atoms with E-state index in [9.17, 15) is 9.90 Å². The number of amides is 1. The number of carbonyl (C=O) groups excluding carboxylic acids is 1. The fourth-order valence-corrected chi connectivity index (χ4v) is 4.79. The average Bonchev–Trinajstić information content (AvgIpc) is 3.20. The minimum Gasteiger partial charge on any atom is -0.399 e. The third-order valence-electron chi connectivity index (χ3n) is 7.58. The lowest BCUT2D eigenvalue weighted by Gasteiger charge is -2.32. The van der Waals surface area contributed by atoms with Gasteiger partial charge in [-0.2, -0.15) is 5.10 Å². The van der Waals surface area contributed by atoms with E-state index in [0.717, 1.165) is 36.8 Å². The van der Waals surface area contributed by atoms with Gasteiger partial charge in [0.1, 0.15) is 5.71 Å². The number of hydrogen-bond acceptors (Lipinski definition) is 6. The molecule has 0 radical (unpaired) electrons. The molecule has 1 aromatic rings. The lowest BCUT2D eigenvalue weighted by Crippen LogP contribution is -2.41. The Morgan fingerprint density at radius 2 is 1.76 bits per heavy atom. The molecule has 1 aliphatic carbocycles. The maximum atomic E-state index is 13.2. The largest absolute Gasteiger partial charge is 0.494 e. The van der Waals surface area contributed by atoms with Gasteiger partial charge in [0.15, 0.2) is 0 Å². The van der Waals surface area contributed by atoms with Crippen LogP contribution in [0.4, 0.5) is 5.69 Å². The summed E-state index contributed by atoms with van der Waals surface area (Å²) in [4.78, 5) is 13.2. The third-order valence-corrected chi connectivity index (χ3v) is 7.58. The lowest BCUT2D eigenvalue weighted by atomic mass is 9.79. The molecule has 4 rings (SSSR count). The Balaban J connectivity index is 1.43. The Hall–Kier alpha value is -1.90. The SMILES string of the molecule is CC(C)(O)CCN1N=C(C(=O)Nc2ccc(B3OC(C)(C)C(C)(C)O3)cc2)C2CCCCC21. The molecule has 1 amide bonds. The number of rotatable bonds is 6. The molecule has 0 spiro atoms. The van der Waals surface area contributed by atoms with Gasteiger partial charge in [0.05, 0.1) is 22.8 Å². The molecule has 1 saturated carbocycles. The standard InChI is InChI=1S/C25H38BN3O4/c1-23(2,31)15-16-29-20-10-8-7-9-19(20)21(28-29)22(30)27-18-13-11-17(12-14-18)26-32-24(3,4)25(5,6)33-26/h11-14,19-20,31H,7-10,15-16H2,1-6H3,(H,27,30). The first-order valence-electron chi connectivity index (χ1n) is 12.2. The monoisotopic (exact) mass is 455 g/mol. The zero-order chi connectivity index (χ0) is 24.0. The predicted molar refractivity (Wildman–Crippen MR) is 132 cm³/mol. The van der Waals surface area contributed by atoms with E-state index in [4.69, 9.17) is 14.4 Å². The molecule has 2 unspecified atom stereocenters. The molecule has 3 aliphatic rings. The van der Waals surface area contributed by atoms with E-state index in [1.165, 1.54) is 0 Å². The molecule has 2 N–H and O–H groups in total. The van der Waals surface area contributed by atoms with Gasteiger partial charge in [0, 0.05) is 18.2 Å². The van der Waals surface area contributed by atoms with Gasteiger partial charge in [0.2, 0.25) is 0 Å². The molecule has 2 atom stereocenters. The summed E-state index contributed by atoms with van der Waals surface area (Å²) in [6, 6.07) is 7.91. The van der Waals surface area contributed by atoms with Crippen LogP contribution < -0.4 is 10.8 Å². The van der Waals surface area contributed by atoms with Crippen LogP contribution >= 0.6 is 0 Å². The maximum absolute atomic E-state index is 13.2. The van der Waals surface area contributed by atoms with Crippen LogP contribution in [0.1, 0.15) is 73.6 Å². The Bertz CT molecular complexity index is 891. The van der Waals surface area contributed by atoms with Crippen LogP contribution in [0.15, 0.2) is 29.4 Å². The maximum Gasteiger partial charge on any atom is 0.494 e. The first-order valence-corrected chi connectivity index (χ1v) is 12.2. The van der Waals surface area contributed by atoms with Gasteiger partial charge in [0.25, 0.3) is 5.91 Å². The van der Waals surface area contributed by atoms with Crippen LogP contribution in [0.25, 0.3) is 0 Å². The van der Waals surface area contributed by atoms with Gasteiger partial charge in [-0.25, -0.2) is 0 Å². The van der Waals surface area contributed by atoms with Crippen LogP contribution in [0.2, 0.25) is 0 Å². The summed E-state index contributed by atoms with van der Waals surface area (Å²) in [5, 5.41) is 19.9. The molecule has 2 heterocycles. The number of aliphatic hydroxyl groups is 1. The second-order valence-electron chi connectivity index (χ2n) is 11.3. The molecule has 1 saturated heterocycles. The topological polar surface area (TPSA) is 83.4 Å². The smallest absolute Gasteiger partial charge is 0.399 e. The van der Waals surface area contributed by atoms with Crippen molar-refractivity contribution < 1.29 is 19.2 Å². The Kier molecular flexibility index (Phi) is 6.40. The van der Waals surface area contributed by atoms with Crippen molar-refractivity contribution in [3.05, 3.63) is 24.3 Å². The second-order valence-corrected chi connectivity index (χ2v) is 11.3. The fraction of sp³-hybridized carbons (Fsp3) is 0.680. The highest BCUT2D eigenvalue weighted by Gasteiger charge is 2.51. The molecule has 7 nitrogen and oxygen atoms in total. The van der Waals surface area contributed by atoms with Crippen molar-refractivity contribution >= 4 is 29.9 Å². The molecule has 2 fully saturated rings. The van der Waals surface area contributed by atoms with Crippen molar-refractivity contribution in [1.29, 1.82) is 0 Å². The molecular formula is C25H38BN3O4.